The molecule has 1 aliphatic rings. The highest BCUT2D eigenvalue weighted by molar-refractivity contribution is 14.0. The van der Waals surface area contributed by atoms with Crippen LogP contribution in [0.2, 0.25) is 0 Å². The van der Waals surface area contributed by atoms with Gasteiger partial charge in [0.1, 0.15) is 11.4 Å². The van der Waals surface area contributed by atoms with Gasteiger partial charge in [0.05, 0.1) is 19.8 Å². The van der Waals surface area contributed by atoms with E-state index < -0.39 is 0 Å². The third kappa shape index (κ3) is 6.99. The number of nitrogens with zero attached hydrogens (tertiary/aromatic N) is 1. The van der Waals surface area contributed by atoms with Gasteiger partial charge in [-0.05, 0) is 51.5 Å². The molecular weight excluding hydrogens is 481 g/mol. The molecule has 3 N–H and O–H groups in total. The molecular formula is C22H30IN3O3. The number of fused-ring (bicyclic) bond motifs is 1. The number of rotatable bonds is 4. The molecule has 1 heterocycles. The van der Waals surface area contributed by atoms with Gasteiger partial charge in [0.2, 0.25) is 0 Å². The zero-order valence-electron chi connectivity index (χ0n) is 17.5. The number of guanidine groups is 1. The summed E-state index contributed by atoms with van der Waals surface area (Å²) in [5, 5.41) is 3.11. The Morgan fingerprint density at radius 1 is 1.10 bits per heavy atom. The first-order chi connectivity index (χ1) is 13.3. The molecule has 0 atom stereocenters. The van der Waals surface area contributed by atoms with Gasteiger partial charge < -0.3 is 25.3 Å². The average molecular weight is 511 g/mol. The van der Waals surface area contributed by atoms with Crippen molar-refractivity contribution in [2.24, 2.45) is 10.7 Å². The zero-order chi connectivity index (χ0) is 20.1. The van der Waals surface area contributed by atoms with Crippen LogP contribution in [0, 0.1) is 6.92 Å². The highest BCUT2D eigenvalue weighted by Gasteiger charge is 2.15. The van der Waals surface area contributed by atoms with Gasteiger partial charge in [-0.3, -0.25) is 0 Å². The van der Waals surface area contributed by atoms with Crippen LogP contribution in [0.1, 0.15) is 38.3 Å². The molecule has 3 rings (SSSR count). The molecule has 0 amide bonds. The second-order valence-corrected chi connectivity index (χ2v) is 7.86. The van der Waals surface area contributed by atoms with Crippen LogP contribution in [0.5, 0.6) is 17.2 Å². The largest absolute Gasteiger partial charge is 0.490 e. The lowest BCUT2D eigenvalue weighted by Gasteiger charge is -2.23. The minimum atomic E-state index is -0.278. The SMILES string of the molecule is Cc1ccc(CN=C(N)Nc2ccc3c(c2)OCCCO3)c(OC(C)(C)C)c1.I. The Hall–Kier alpha value is -2.16. The fourth-order valence-corrected chi connectivity index (χ4v) is 2.82. The van der Waals surface area contributed by atoms with E-state index >= 15 is 0 Å². The molecule has 0 aromatic heterocycles. The Labute approximate surface area is 189 Å². The van der Waals surface area contributed by atoms with E-state index in [1.807, 2.05) is 64.1 Å². The number of benzene rings is 2. The molecule has 2 aromatic rings. The van der Waals surface area contributed by atoms with Gasteiger partial charge in [0.25, 0.3) is 0 Å². The predicted molar refractivity (Wildman–Crippen MR) is 128 cm³/mol. The summed E-state index contributed by atoms with van der Waals surface area (Å²) in [6, 6.07) is 11.8. The number of ether oxygens (including phenoxy) is 3. The topological polar surface area (TPSA) is 78.1 Å². The highest BCUT2D eigenvalue weighted by atomic mass is 127. The van der Waals surface area contributed by atoms with Crippen LogP contribution >= 0.6 is 24.0 Å². The Morgan fingerprint density at radius 3 is 2.55 bits per heavy atom. The summed E-state index contributed by atoms with van der Waals surface area (Å²) in [4.78, 5) is 4.47. The standard InChI is InChI=1S/C22H29N3O3.HI/c1-15-6-7-16(19(12-15)28-22(2,3)4)14-24-21(23)25-17-8-9-18-20(13-17)27-11-5-10-26-18;/h6-9,12-13H,5,10-11,14H2,1-4H3,(H3,23,24,25);1H. The summed E-state index contributed by atoms with van der Waals surface area (Å²) in [6.45, 7) is 9.87. The molecule has 0 fully saturated rings. The fraction of sp³-hybridized carbons (Fsp3) is 0.409. The van der Waals surface area contributed by atoms with Crippen LogP contribution in [0.25, 0.3) is 0 Å². The van der Waals surface area contributed by atoms with Crippen LogP contribution in [0.3, 0.4) is 0 Å². The van der Waals surface area contributed by atoms with E-state index in [9.17, 15) is 0 Å². The van der Waals surface area contributed by atoms with Crippen molar-refractivity contribution in [3.63, 3.8) is 0 Å². The van der Waals surface area contributed by atoms with Crippen LogP contribution in [0.15, 0.2) is 41.4 Å². The van der Waals surface area contributed by atoms with Gasteiger partial charge in [-0.15, -0.1) is 24.0 Å². The van der Waals surface area contributed by atoms with E-state index in [0.717, 1.165) is 40.5 Å². The summed E-state index contributed by atoms with van der Waals surface area (Å²) < 4.78 is 17.4. The number of halogens is 1. The fourth-order valence-electron chi connectivity index (χ4n) is 2.82. The summed E-state index contributed by atoms with van der Waals surface area (Å²) in [7, 11) is 0. The van der Waals surface area contributed by atoms with Crippen molar-refractivity contribution in [1.29, 1.82) is 0 Å². The molecule has 0 unspecified atom stereocenters. The Bertz CT molecular complexity index is 863. The van der Waals surface area contributed by atoms with E-state index in [-0.39, 0.29) is 29.6 Å². The molecule has 158 valence electrons. The first-order valence-corrected chi connectivity index (χ1v) is 9.55. The third-order valence-corrected chi connectivity index (χ3v) is 4.08. The summed E-state index contributed by atoms with van der Waals surface area (Å²) >= 11 is 0. The summed E-state index contributed by atoms with van der Waals surface area (Å²) in [5.74, 6) is 2.63. The van der Waals surface area contributed by atoms with Gasteiger partial charge in [-0.25, -0.2) is 4.99 Å². The van der Waals surface area contributed by atoms with Gasteiger partial charge in [0, 0.05) is 23.7 Å². The monoisotopic (exact) mass is 511 g/mol. The quantitative estimate of drug-likeness (QED) is 0.348. The van der Waals surface area contributed by atoms with Crippen molar-refractivity contribution in [3.8, 4) is 17.2 Å². The minimum Gasteiger partial charge on any atom is -0.490 e. The number of hydrogen-bond donors (Lipinski definition) is 2. The molecule has 29 heavy (non-hydrogen) atoms. The number of anilines is 1. The molecule has 0 radical (unpaired) electrons. The number of nitrogens with two attached hydrogens (primary N) is 1. The molecule has 1 aliphatic heterocycles. The molecule has 0 saturated carbocycles. The maximum Gasteiger partial charge on any atom is 0.193 e. The van der Waals surface area contributed by atoms with Gasteiger partial charge in [-0.1, -0.05) is 12.1 Å². The maximum atomic E-state index is 6.09. The minimum absolute atomic E-state index is 0. The molecule has 2 aromatic carbocycles. The van der Waals surface area contributed by atoms with Crippen LogP contribution in [-0.2, 0) is 6.54 Å². The maximum absolute atomic E-state index is 6.09. The normalized spacial score (nSPS) is 13.9. The van der Waals surface area contributed by atoms with Crippen molar-refractivity contribution in [2.75, 3.05) is 18.5 Å². The zero-order valence-corrected chi connectivity index (χ0v) is 19.8. The average Bonchev–Trinajstić information content (AvgIpc) is 2.84. The molecule has 7 heteroatoms. The molecule has 6 nitrogen and oxygen atoms in total. The van der Waals surface area contributed by atoms with Crippen LogP contribution in [0.4, 0.5) is 5.69 Å². The molecule has 0 bridgehead atoms. The van der Waals surface area contributed by atoms with Crippen molar-refractivity contribution >= 4 is 35.6 Å². The van der Waals surface area contributed by atoms with E-state index in [2.05, 4.69) is 10.3 Å². The van der Waals surface area contributed by atoms with E-state index in [1.54, 1.807) is 0 Å². The highest BCUT2D eigenvalue weighted by Crippen LogP contribution is 2.32. The Kier molecular flexibility index (Phi) is 8.01. The smallest absolute Gasteiger partial charge is 0.193 e. The van der Waals surface area contributed by atoms with Crippen molar-refractivity contribution in [2.45, 2.75) is 46.3 Å². The van der Waals surface area contributed by atoms with Gasteiger partial charge in [0.15, 0.2) is 17.5 Å². The molecule has 0 saturated heterocycles. The third-order valence-electron chi connectivity index (χ3n) is 4.08. The number of nitrogens with one attached hydrogen (secondary N) is 1. The van der Waals surface area contributed by atoms with Gasteiger partial charge >= 0.3 is 0 Å². The predicted octanol–water partition coefficient (Wildman–Crippen LogP) is 4.88. The Balaban J connectivity index is 0.00000300. The first kappa shape index (κ1) is 23.1. The number of hydrogen-bond acceptors (Lipinski definition) is 4. The van der Waals surface area contributed by atoms with E-state index in [4.69, 9.17) is 19.9 Å². The second kappa shape index (κ2) is 10.0. The molecule has 0 aliphatic carbocycles. The number of aliphatic imine (C=N–C) groups is 1. The van der Waals surface area contributed by atoms with Crippen molar-refractivity contribution in [1.82, 2.24) is 0 Å². The van der Waals surface area contributed by atoms with Crippen molar-refractivity contribution < 1.29 is 14.2 Å². The Morgan fingerprint density at radius 2 is 1.83 bits per heavy atom. The molecule has 0 spiro atoms. The second-order valence-electron chi connectivity index (χ2n) is 7.86. The van der Waals surface area contributed by atoms with E-state index in [0.29, 0.717) is 25.7 Å². The lowest BCUT2D eigenvalue weighted by atomic mass is 10.1. The summed E-state index contributed by atoms with van der Waals surface area (Å²) in [5.41, 5.74) is 8.76. The number of aryl methyl sites for hydroxylation is 1. The van der Waals surface area contributed by atoms with Crippen LogP contribution in [-0.4, -0.2) is 24.8 Å². The van der Waals surface area contributed by atoms with Crippen molar-refractivity contribution in [3.05, 3.63) is 47.5 Å². The first-order valence-electron chi connectivity index (χ1n) is 9.55. The van der Waals surface area contributed by atoms with E-state index in [1.165, 1.54) is 0 Å². The summed E-state index contributed by atoms with van der Waals surface area (Å²) in [6.07, 6.45) is 0.872. The van der Waals surface area contributed by atoms with Crippen LogP contribution < -0.4 is 25.3 Å². The van der Waals surface area contributed by atoms with Gasteiger partial charge in [-0.2, -0.15) is 0 Å². The lowest BCUT2D eigenvalue weighted by molar-refractivity contribution is 0.129. The lowest BCUT2D eigenvalue weighted by Crippen LogP contribution is -2.24.